The van der Waals surface area contributed by atoms with Crippen molar-refractivity contribution in [3.8, 4) is 22.9 Å². The Labute approximate surface area is 225 Å². The molecular weight excluding hydrogens is 498 g/mol. The number of fused-ring (bicyclic) bond motifs is 1. The molecule has 0 radical (unpaired) electrons. The third kappa shape index (κ3) is 5.78. The van der Waals surface area contributed by atoms with Gasteiger partial charge in [-0.25, -0.2) is 24.7 Å². The van der Waals surface area contributed by atoms with Gasteiger partial charge in [0.2, 0.25) is 11.8 Å². The SMILES string of the molecule is COc1ncc(-c2ccc3ncnc(N[C@H](C)C(=O)N4CCN(C)CC4)c3n2)cc1C(=O)Oc1ccccc1. The molecule has 11 nitrogen and oxygen atoms in total. The maximum Gasteiger partial charge on any atom is 0.349 e. The zero-order chi connectivity index (χ0) is 27.4. The van der Waals surface area contributed by atoms with E-state index in [1.807, 2.05) is 31.0 Å². The zero-order valence-corrected chi connectivity index (χ0v) is 22.0. The number of nitrogens with one attached hydrogen (secondary N) is 1. The second-order valence-corrected chi connectivity index (χ2v) is 9.26. The second kappa shape index (κ2) is 11.4. The van der Waals surface area contributed by atoms with Crippen LogP contribution < -0.4 is 14.8 Å². The lowest BCUT2D eigenvalue weighted by Crippen LogP contribution is -2.51. The van der Waals surface area contributed by atoms with Gasteiger partial charge < -0.3 is 24.6 Å². The quantitative estimate of drug-likeness (QED) is 0.283. The van der Waals surface area contributed by atoms with Crippen LogP contribution in [-0.2, 0) is 4.79 Å². The van der Waals surface area contributed by atoms with Crippen LogP contribution in [0, 0.1) is 0 Å². The van der Waals surface area contributed by atoms with Gasteiger partial charge in [-0.3, -0.25) is 4.79 Å². The van der Waals surface area contributed by atoms with Crippen LogP contribution in [0.15, 0.2) is 61.1 Å². The summed E-state index contributed by atoms with van der Waals surface area (Å²) in [5.41, 5.74) is 2.39. The number of hydrogen-bond acceptors (Lipinski definition) is 10. The minimum atomic E-state index is -0.602. The third-order valence-corrected chi connectivity index (χ3v) is 6.53. The summed E-state index contributed by atoms with van der Waals surface area (Å²) in [6.45, 7) is 4.88. The number of carbonyl (C=O) groups excluding carboxylic acids is 2. The van der Waals surface area contributed by atoms with E-state index in [4.69, 9.17) is 14.5 Å². The van der Waals surface area contributed by atoms with Crippen molar-refractivity contribution < 1.29 is 19.1 Å². The number of esters is 1. The molecule has 0 aliphatic carbocycles. The number of rotatable bonds is 7. The smallest absolute Gasteiger partial charge is 0.349 e. The lowest BCUT2D eigenvalue weighted by Gasteiger charge is -2.34. The molecule has 1 aromatic carbocycles. The van der Waals surface area contributed by atoms with Crippen LogP contribution >= 0.6 is 0 Å². The van der Waals surface area contributed by atoms with E-state index in [1.54, 1.807) is 42.6 Å². The number of amides is 1. The summed E-state index contributed by atoms with van der Waals surface area (Å²) in [5.74, 6) is 0.401. The van der Waals surface area contributed by atoms with Gasteiger partial charge in [0.15, 0.2) is 5.82 Å². The minimum Gasteiger partial charge on any atom is -0.480 e. The Balaban J connectivity index is 1.42. The molecule has 5 rings (SSSR count). The monoisotopic (exact) mass is 527 g/mol. The molecule has 1 aliphatic rings. The maximum atomic E-state index is 13.0. The molecule has 1 atom stereocenters. The van der Waals surface area contributed by atoms with Crippen LogP contribution in [0.25, 0.3) is 22.3 Å². The molecule has 0 saturated carbocycles. The molecule has 0 bridgehead atoms. The number of anilines is 1. The minimum absolute atomic E-state index is 0.00643. The van der Waals surface area contributed by atoms with Gasteiger partial charge in [-0.1, -0.05) is 18.2 Å². The second-order valence-electron chi connectivity index (χ2n) is 9.26. The maximum absolute atomic E-state index is 13.0. The molecule has 0 unspecified atom stereocenters. The van der Waals surface area contributed by atoms with E-state index in [-0.39, 0.29) is 17.4 Å². The molecule has 1 N–H and O–H groups in total. The van der Waals surface area contributed by atoms with E-state index < -0.39 is 12.0 Å². The van der Waals surface area contributed by atoms with Crippen LogP contribution in [0.4, 0.5) is 5.82 Å². The molecule has 4 aromatic rings. The van der Waals surface area contributed by atoms with E-state index >= 15 is 0 Å². The van der Waals surface area contributed by atoms with Crippen molar-refractivity contribution in [1.29, 1.82) is 0 Å². The van der Waals surface area contributed by atoms with Crippen molar-refractivity contribution >= 4 is 28.7 Å². The summed E-state index contributed by atoms with van der Waals surface area (Å²) in [7, 11) is 3.49. The first-order valence-electron chi connectivity index (χ1n) is 12.6. The average molecular weight is 528 g/mol. The van der Waals surface area contributed by atoms with Gasteiger partial charge in [0.1, 0.15) is 29.2 Å². The first-order chi connectivity index (χ1) is 18.9. The molecule has 1 amide bonds. The largest absolute Gasteiger partial charge is 0.480 e. The standard InChI is InChI=1S/C28H29N7O4/c1-18(27(36)35-13-11-34(2)12-14-35)32-25-24-23(30-17-31-25)10-9-22(33-24)19-15-21(26(38-3)29-16-19)28(37)39-20-7-5-4-6-8-20/h4-10,15-18H,11-14H2,1-3H3,(H,30,31,32)/t18-/m1/s1. The number of aromatic nitrogens is 4. The van der Waals surface area contributed by atoms with Gasteiger partial charge in [-0.05, 0) is 44.3 Å². The number of nitrogens with zero attached hydrogens (tertiary/aromatic N) is 6. The molecule has 39 heavy (non-hydrogen) atoms. The number of pyridine rings is 2. The summed E-state index contributed by atoms with van der Waals surface area (Å²) >= 11 is 0. The van der Waals surface area contributed by atoms with E-state index in [2.05, 4.69) is 25.2 Å². The average Bonchev–Trinajstić information content (AvgIpc) is 2.97. The highest BCUT2D eigenvalue weighted by Crippen LogP contribution is 2.27. The summed E-state index contributed by atoms with van der Waals surface area (Å²) < 4.78 is 10.8. The lowest BCUT2D eigenvalue weighted by atomic mass is 10.1. The van der Waals surface area contributed by atoms with Gasteiger partial charge in [-0.15, -0.1) is 0 Å². The molecule has 11 heteroatoms. The van der Waals surface area contributed by atoms with Crippen molar-refractivity contribution in [2.24, 2.45) is 0 Å². The van der Waals surface area contributed by atoms with Crippen LogP contribution in [0.5, 0.6) is 11.6 Å². The number of methoxy groups -OCH3 is 1. The number of ether oxygens (including phenoxy) is 2. The van der Waals surface area contributed by atoms with Gasteiger partial charge in [0.05, 0.1) is 18.3 Å². The fraction of sp³-hybridized carbons (Fsp3) is 0.286. The normalized spacial score (nSPS) is 14.6. The fourth-order valence-electron chi connectivity index (χ4n) is 4.33. The Morgan fingerprint density at radius 3 is 2.51 bits per heavy atom. The molecule has 3 aromatic heterocycles. The Hall–Kier alpha value is -4.64. The molecule has 1 aliphatic heterocycles. The number of carbonyl (C=O) groups is 2. The van der Waals surface area contributed by atoms with E-state index in [0.717, 1.165) is 13.1 Å². The van der Waals surface area contributed by atoms with E-state index in [9.17, 15) is 9.59 Å². The predicted molar refractivity (Wildman–Crippen MR) is 146 cm³/mol. The molecule has 200 valence electrons. The molecule has 1 saturated heterocycles. The zero-order valence-electron chi connectivity index (χ0n) is 22.0. The van der Waals surface area contributed by atoms with Crippen molar-refractivity contribution in [1.82, 2.24) is 29.7 Å². The molecule has 1 fully saturated rings. The van der Waals surface area contributed by atoms with Crippen molar-refractivity contribution in [3.63, 3.8) is 0 Å². The number of hydrogen-bond donors (Lipinski definition) is 1. The number of likely N-dealkylation sites (N-methyl/N-ethyl adjacent to an activating group) is 1. The fourth-order valence-corrected chi connectivity index (χ4v) is 4.33. The summed E-state index contributed by atoms with van der Waals surface area (Å²) in [6, 6.07) is 13.5. The van der Waals surface area contributed by atoms with Crippen molar-refractivity contribution in [2.75, 3.05) is 45.7 Å². The topological polar surface area (TPSA) is 123 Å². The van der Waals surface area contributed by atoms with Gasteiger partial charge >= 0.3 is 5.97 Å². The van der Waals surface area contributed by atoms with E-state index in [1.165, 1.54) is 13.4 Å². The highest BCUT2D eigenvalue weighted by Gasteiger charge is 2.25. The Kier molecular flexibility index (Phi) is 7.60. The van der Waals surface area contributed by atoms with Crippen molar-refractivity contribution in [3.05, 3.63) is 66.6 Å². The highest BCUT2D eigenvalue weighted by atomic mass is 16.5. The molecule has 4 heterocycles. The first kappa shape index (κ1) is 26.0. The first-order valence-corrected chi connectivity index (χ1v) is 12.6. The van der Waals surface area contributed by atoms with Gasteiger partial charge in [-0.2, -0.15) is 0 Å². The molecule has 0 spiro atoms. The predicted octanol–water partition coefficient (Wildman–Crippen LogP) is 2.89. The van der Waals surface area contributed by atoms with Crippen LogP contribution in [0.2, 0.25) is 0 Å². The summed E-state index contributed by atoms with van der Waals surface area (Å²) in [4.78, 5) is 47.8. The lowest BCUT2D eigenvalue weighted by molar-refractivity contribution is -0.133. The van der Waals surface area contributed by atoms with Gasteiger partial charge in [0.25, 0.3) is 0 Å². The number of piperazine rings is 1. The Morgan fingerprint density at radius 1 is 1.00 bits per heavy atom. The number of para-hydroxylation sites is 1. The Bertz CT molecular complexity index is 1490. The molecular formula is C28H29N7O4. The summed E-state index contributed by atoms with van der Waals surface area (Å²) in [6.07, 6.45) is 3.01. The number of benzene rings is 1. The van der Waals surface area contributed by atoms with Crippen LogP contribution in [-0.4, -0.2) is 88.0 Å². The highest BCUT2D eigenvalue weighted by molar-refractivity contribution is 5.95. The third-order valence-electron chi connectivity index (χ3n) is 6.53. The van der Waals surface area contributed by atoms with Crippen LogP contribution in [0.1, 0.15) is 17.3 Å². The van der Waals surface area contributed by atoms with Gasteiger partial charge in [0, 0.05) is 37.9 Å². The van der Waals surface area contributed by atoms with E-state index in [0.29, 0.717) is 46.9 Å². The van der Waals surface area contributed by atoms with Crippen LogP contribution in [0.3, 0.4) is 0 Å². The Morgan fingerprint density at radius 2 is 1.77 bits per heavy atom. The van der Waals surface area contributed by atoms with Crippen molar-refractivity contribution in [2.45, 2.75) is 13.0 Å². The summed E-state index contributed by atoms with van der Waals surface area (Å²) in [5, 5.41) is 3.22.